The molecule has 8 heteroatoms. The van der Waals surface area contributed by atoms with Crippen LogP contribution in [0.25, 0.3) is 16.3 Å². The number of carbonyl (C=O) groups excluding carboxylic acids is 1. The molecular weight excluding hydrogens is 426 g/mol. The summed E-state index contributed by atoms with van der Waals surface area (Å²) in [7, 11) is 3.20. The van der Waals surface area contributed by atoms with Gasteiger partial charge in [-0.05, 0) is 48.9 Å². The number of benzene rings is 2. The molecule has 1 amide bonds. The predicted molar refractivity (Wildman–Crippen MR) is 128 cm³/mol. The molecule has 1 aliphatic rings. The largest absolute Gasteiger partial charge is 0.494 e. The van der Waals surface area contributed by atoms with Crippen LogP contribution in [0.4, 0.5) is 5.13 Å². The summed E-state index contributed by atoms with van der Waals surface area (Å²) in [4.78, 5) is 21.5. The summed E-state index contributed by atoms with van der Waals surface area (Å²) in [6.45, 7) is 5.46. The monoisotopic (exact) mass is 453 g/mol. The van der Waals surface area contributed by atoms with E-state index in [0.717, 1.165) is 39.8 Å². The van der Waals surface area contributed by atoms with E-state index in [1.54, 1.807) is 37.7 Å². The zero-order chi connectivity index (χ0) is 22.5. The van der Waals surface area contributed by atoms with Crippen LogP contribution in [0, 0.1) is 0 Å². The predicted octanol–water partition coefficient (Wildman–Crippen LogP) is 4.07. The van der Waals surface area contributed by atoms with Crippen LogP contribution in [0.15, 0.2) is 42.5 Å². The first kappa shape index (κ1) is 22.0. The van der Waals surface area contributed by atoms with Crippen molar-refractivity contribution in [2.75, 3.05) is 51.9 Å². The second kappa shape index (κ2) is 9.91. The Balaban J connectivity index is 1.36. The lowest BCUT2D eigenvalue weighted by atomic mass is 10.2. The first-order valence-corrected chi connectivity index (χ1v) is 11.4. The fourth-order valence-electron chi connectivity index (χ4n) is 3.63. The number of fused-ring (bicyclic) bond motifs is 1. The van der Waals surface area contributed by atoms with E-state index < -0.39 is 0 Å². The first-order chi connectivity index (χ1) is 15.6. The molecule has 168 valence electrons. The molecule has 2 heterocycles. The molecule has 0 atom stereocenters. The number of thiazole rings is 1. The lowest BCUT2D eigenvalue weighted by Crippen LogP contribution is -2.48. The van der Waals surface area contributed by atoms with Gasteiger partial charge in [-0.15, -0.1) is 0 Å². The quantitative estimate of drug-likeness (QED) is 0.503. The zero-order valence-electron chi connectivity index (χ0n) is 18.5. The third kappa shape index (κ3) is 4.80. The summed E-state index contributed by atoms with van der Waals surface area (Å²) in [5, 5.41) is 0.988. The highest BCUT2D eigenvalue weighted by Crippen LogP contribution is 2.32. The lowest BCUT2D eigenvalue weighted by Gasteiger charge is -2.34. The number of nitrogens with zero attached hydrogens (tertiary/aromatic N) is 3. The van der Waals surface area contributed by atoms with Crippen LogP contribution >= 0.6 is 11.3 Å². The van der Waals surface area contributed by atoms with Gasteiger partial charge in [0.25, 0.3) is 0 Å². The Kier molecular flexibility index (Phi) is 6.80. The molecule has 0 spiro atoms. The van der Waals surface area contributed by atoms with E-state index in [9.17, 15) is 4.79 Å². The van der Waals surface area contributed by atoms with Gasteiger partial charge in [-0.2, -0.15) is 0 Å². The second-order valence-electron chi connectivity index (χ2n) is 7.32. The molecule has 1 fully saturated rings. The topological polar surface area (TPSA) is 64.1 Å². The number of anilines is 1. The Morgan fingerprint density at radius 1 is 1.06 bits per heavy atom. The average molecular weight is 454 g/mol. The van der Waals surface area contributed by atoms with Crippen LogP contribution in [0.2, 0.25) is 0 Å². The van der Waals surface area contributed by atoms with Gasteiger partial charge in [0.05, 0.1) is 31.0 Å². The standard InChI is InChI=1S/C24H27N3O4S/c1-4-31-18-7-8-19-22(16-18)32-24(25-19)27-13-11-26(12-14-27)23(28)10-6-17-5-9-20(29-2)21(15-17)30-3/h5-10,15-16H,4,11-14H2,1-3H3/b10-6-. The second-order valence-corrected chi connectivity index (χ2v) is 8.33. The third-order valence-electron chi connectivity index (χ3n) is 5.35. The van der Waals surface area contributed by atoms with Gasteiger partial charge in [-0.25, -0.2) is 4.98 Å². The van der Waals surface area contributed by atoms with Crippen molar-refractivity contribution in [3.05, 3.63) is 48.0 Å². The van der Waals surface area contributed by atoms with Crippen LogP contribution in [0.3, 0.4) is 0 Å². The number of piperazine rings is 1. The molecule has 1 saturated heterocycles. The highest BCUT2D eigenvalue weighted by atomic mass is 32.1. The molecule has 0 bridgehead atoms. The van der Waals surface area contributed by atoms with Crippen molar-refractivity contribution >= 4 is 38.7 Å². The Hall–Kier alpha value is -3.26. The minimum atomic E-state index is 0.00471. The molecule has 2 aromatic carbocycles. The Bertz CT molecular complexity index is 1120. The van der Waals surface area contributed by atoms with Crippen molar-refractivity contribution in [2.24, 2.45) is 0 Å². The van der Waals surface area contributed by atoms with Crippen molar-refractivity contribution in [1.82, 2.24) is 9.88 Å². The number of hydrogen-bond acceptors (Lipinski definition) is 7. The Labute approximate surface area is 191 Å². The van der Waals surface area contributed by atoms with Crippen molar-refractivity contribution in [1.29, 1.82) is 0 Å². The Morgan fingerprint density at radius 3 is 2.56 bits per heavy atom. The molecule has 0 unspecified atom stereocenters. The third-order valence-corrected chi connectivity index (χ3v) is 6.43. The maximum absolute atomic E-state index is 12.7. The maximum Gasteiger partial charge on any atom is 0.246 e. The van der Waals surface area contributed by atoms with E-state index in [2.05, 4.69) is 4.90 Å². The van der Waals surface area contributed by atoms with Gasteiger partial charge >= 0.3 is 0 Å². The molecule has 1 aromatic heterocycles. The number of methoxy groups -OCH3 is 2. The summed E-state index contributed by atoms with van der Waals surface area (Å²) in [6.07, 6.45) is 3.42. The molecule has 7 nitrogen and oxygen atoms in total. The Morgan fingerprint density at radius 2 is 1.84 bits per heavy atom. The molecule has 0 saturated carbocycles. The van der Waals surface area contributed by atoms with Gasteiger partial charge in [0.15, 0.2) is 16.6 Å². The van der Waals surface area contributed by atoms with E-state index in [4.69, 9.17) is 19.2 Å². The van der Waals surface area contributed by atoms with Crippen molar-refractivity contribution in [3.63, 3.8) is 0 Å². The van der Waals surface area contributed by atoms with Crippen LogP contribution in [0.5, 0.6) is 17.2 Å². The summed E-state index contributed by atoms with van der Waals surface area (Å²) in [5.41, 5.74) is 1.86. The molecule has 0 N–H and O–H groups in total. The van der Waals surface area contributed by atoms with Crippen molar-refractivity contribution in [2.45, 2.75) is 6.92 Å². The molecule has 0 radical (unpaired) electrons. The molecular formula is C24H27N3O4S. The van der Waals surface area contributed by atoms with Crippen LogP contribution < -0.4 is 19.1 Å². The van der Waals surface area contributed by atoms with Crippen LogP contribution in [-0.2, 0) is 4.79 Å². The molecule has 4 rings (SSSR count). The SMILES string of the molecule is CCOc1ccc2nc(N3CCN(C(=O)/C=C\c4ccc(OC)c(OC)c4)CC3)sc2c1. The number of aromatic nitrogens is 1. The minimum absolute atomic E-state index is 0.00471. The highest BCUT2D eigenvalue weighted by Gasteiger charge is 2.22. The summed E-state index contributed by atoms with van der Waals surface area (Å²) < 4.78 is 17.3. The maximum atomic E-state index is 12.7. The van der Waals surface area contributed by atoms with E-state index in [1.165, 1.54) is 0 Å². The highest BCUT2D eigenvalue weighted by molar-refractivity contribution is 7.22. The number of ether oxygens (including phenoxy) is 3. The zero-order valence-corrected chi connectivity index (χ0v) is 19.4. The van der Waals surface area contributed by atoms with E-state index in [-0.39, 0.29) is 5.91 Å². The average Bonchev–Trinajstić information content (AvgIpc) is 3.26. The van der Waals surface area contributed by atoms with E-state index in [0.29, 0.717) is 31.2 Å². The first-order valence-electron chi connectivity index (χ1n) is 10.6. The molecule has 32 heavy (non-hydrogen) atoms. The van der Waals surface area contributed by atoms with Gasteiger partial charge in [-0.3, -0.25) is 4.79 Å². The van der Waals surface area contributed by atoms with Gasteiger partial charge in [-0.1, -0.05) is 17.4 Å². The fourth-order valence-corrected chi connectivity index (χ4v) is 4.68. The van der Waals surface area contributed by atoms with Gasteiger partial charge in [0.1, 0.15) is 5.75 Å². The van der Waals surface area contributed by atoms with Crippen LogP contribution in [-0.4, -0.2) is 62.8 Å². The van der Waals surface area contributed by atoms with Crippen molar-refractivity contribution in [3.8, 4) is 17.2 Å². The van der Waals surface area contributed by atoms with Gasteiger partial charge in [0.2, 0.25) is 5.91 Å². The summed E-state index contributed by atoms with van der Waals surface area (Å²) in [6, 6.07) is 11.6. The normalized spacial score (nSPS) is 14.2. The smallest absolute Gasteiger partial charge is 0.246 e. The van der Waals surface area contributed by atoms with Crippen molar-refractivity contribution < 1.29 is 19.0 Å². The van der Waals surface area contributed by atoms with E-state index in [1.807, 2.05) is 48.2 Å². The van der Waals surface area contributed by atoms with Gasteiger partial charge < -0.3 is 24.0 Å². The number of rotatable bonds is 7. The summed E-state index contributed by atoms with van der Waals surface area (Å²) in [5.74, 6) is 2.17. The number of carbonyl (C=O) groups is 1. The molecule has 1 aliphatic heterocycles. The molecule has 3 aromatic rings. The minimum Gasteiger partial charge on any atom is -0.494 e. The van der Waals surface area contributed by atoms with E-state index >= 15 is 0 Å². The fraction of sp³-hybridized carbons (Fsp3) is 0.333. The van der Waals surface area contributed by atoms with Gasteiger partial charge in [0, 0.05) is 32.3 Å². The van der Waals surface area contributed by atoms with Crippen LogP contribution in [0.1, 0.15) is 12.5 Å². The number of amides is 1. The molecule has 0 aliphatic carbocycles. The number of hydrogen-bond donors (Lipinski definition) is 0. The summed E-state index contributed by atoms with van der Waals surface area (Å²) >= 11 is 1.66. The lowest BCUT2D eigenvalue weighted by molar-refractivity contribution is -0.126.